The summed E-state index contributed by atoms with van der Waals surface area (Å²) in [5.41, 5.74) is 0.513. The maximum atomic E-state index is 12.7. The summed E-state index contributed by atoms with van der Waals surface area (Å²) in [6, 6.07) is 5.14. The molecular weight excluding hydrogens is 290 g/mol. The van der Waals surface area contributed by atoms with Crippen molar-refractivity contribution in [2.24, 2.45) is 5.92 Å². The molecule has 0 spiro atoms. The van der Waals surface area contributed by atoms with Gasteiger partial charge in [0.05, 0.1) is 11.7 Å². The third-order valence-electron chi connectivity index (χ3n) is 3.69. The number of nitrogens with zero attached hydrogens (tertiary/aromatic N) is 1. The van der Waals surface area contributed by atoms with Gasteiger partial charge in [-0.1, -0.05) is 11.6 Å². The van der Waals surface area contributed by atoms with Crippen molar-refractivity contribution >= 4 is 17.5 Å². The molecule has 21 heavy (non-hydrogen) atoms. The largest absolute Gasteiger partial charge is 0.490 e. The van der Waals surface area contributed by atoms with Crippen molar-refractivity contribution in [1.82, 2.24) is 4.90 Å². The summed E-state index contributed by atoms with van der Waals surface area (Å²) in [4.78, 5) is 14.5. The first-order valence-corrected chi connectivity index (χ1v) is 7.75. The molecule has 0 radical (unpaired) electrons. The van der Waals surface area contributed by atoms with E-state index in [9.17, 15) is 9.90 Å². The van der Waals surface area contributed by atoms with Crippen molar-refractivity contribution in [3.8, 4) is 5.75 Å². The number of aliphatic hydroxyl groups excluding tert-OH is 1. The summed E-state index contributed by atoms with van der Waals surface area (Å²) in [5.74, 6) is 0.827. The molecule has 1 aromatic rings. The Morgan fingerprint density at radius 2 is 2.10 bits per heavy atom. The molecule has 0 bridgehead atoms. The van der Waals surface area contributed by atoms with Crippen LogP contribution in [0.5, 0.6) is 5.75 Å². The van der Waals surface area contributed by atoms with Crippen LogP contribution in [0.25, 0.3) is 0 Å². The maximum Gasteiger partial charge on any atom is 0.257 e. The summed E-state index contributed by atoms with van der Waals surface area (Å²) in [5, 5.41) is 9.70. The fourth-order valence-corrected chi connectivity index (χ4v) is 2.69. The topological polar surface area (TPSA) is 49.8 Å². The summed E-state index contributed by atoms with van der Waals surface area (Å²) < 4.78 is 5.71. The SMILES string of the molecule is CC(C)Oc1ccc(Cl)cc1C(=O)N1CCC(CO)CC1. The average Bonchev–Trinajstić information content (AvgIpc) is 2.48. The van der Waals surface area contributed by atoms with Gasteiger partial charge >= 0.3 is 0 Å². The lowest BCUT2D eigenvalue weighted by Crippen LogP contribution is -2.39. The highest BCUT2D eigenvalue weighted by Crippen LogP contribution is 2.27. The minimum atomic E-state index is -0.0514. The van der Waals surface area contributed by atoms with Gasteiger partial charge in [-0.2, -0.15) is 0 Å². The number of ether oxygens (including phenoxy) is 1. The molecule has 0 aromatic heterocycles. The predicted octanol–water partition coefficient (Wildman–Crippen LogP) is 2.97. The lowest BCUT2D eigenvalue weighted by molar-refractivity contribution is 0.0645. The molecule has 2 rings (SSSR count). The van der Waals surface area contributed by atoms with Gasteiger partial charge in [-0.05, 0) is 50.8 Å². The second-order valence-electron chi connectivity index (χ2n) is 5.73. The van der Waals surface area contributed by atoms with Crippen molar-refractivity contribution in [3.63, 3.8) is 0 Å². The molecule has 1 amide bonds. The van der Waals surface area contributed by atoms with Gasteiger partial charge < -0.3 is 14.7 Å². The van der Waals surface area contributed by atoms with Crippen LogP contribution in [0.3, 0.4) is 0 Å². The molecule has 1 heterocycles. The summed E-state index contributed by atoms with van der Waals surface area (Å²) in [6.07, 6.45) is 1.67. The minimum Gasteiger partial charge on any atom is -0.490 e. The number of carbonyl (C=O) groups excluding carboxylic acids is 1. The molecule has 1 aliphatic heterocycles. The molecule has 116 valence electrons. The lowest BCUT2D eigenvalue weighted by atomic mass is 9.97. The number of benzene rings is 1. The first-order chi connectivity index (χ1) is 10.0. The van der Waals surface area contributed by atoms with E-state index < -0.39 is 0 Å². The first kappa shape index (κ1) is 16.1. The average molecular weight is 312 g/mol. The molecule has 0 saturated carbocycles. The van der Waals surface area contributed by atoms with Gasteiger partial charge in [0.2, 0.25) is 0 Å². The normalized spacial score (nSPS) is 16.3. The smallest absolute Gasteiger partial charge is 0.257 e. The van der Waals surface area contributed by atoms with E-state index in [1.165, 1.54) is 0 Å². The molecular formula is C16H22ClNO3. The van der Waals surface area contributed by atoms with E-state index in [4.69, 9.17) is 16.3 Å². The summed E-state index contributed by atoms with van der Waals surface area (Å²) in [6.45, 7) is 5.38. The zero-order valence-corrected chi connectivity index (χ0v) is 13.3. The van der Waals surface area contributed by atoms with Crippen LogP contribution in [0.2, 0.25) is 5.02 Å². The Labute approximate surface area is 130 Å². The monoisotopic (exact) mass is 311 g/mol. The van der Waals surface area contributed by atoms with Gasteiger partial charge in [0.1, 0.15) is 5.75 Å². The van der Waals surface area contributed by atoms with Gasteiger partial charge in [0, 0.05) is 24.7 Å². The van der Waals surface area contributed by atoms with E-state index in [1.807, 2.05) is 18.7 Å². The van der Waals surface area contributed by atoms with Crippen molar-refractivity contribution in [3.05, 3.63) is 28.8 Å². The van der Waals surface area contributed by atoms with Crippen molar-refractivity contribution in [2.75, 3.05) is 19.7 Å². The van der Waals surface area contributed by atoms with E-state index in [1.54, 1.807) is 18.2 Å². The van der Waals surface area contributed by atoms with Gasteiger partial charge in [-0.15, -0.1) is 0 Å². The quantitative estimate of drug-likeness (QED) is 0.930. The Morgan fingerprint density at radius 3 is 2.67 bits per heavy atom. The molecule has 1 N–H and O–H groups in total. The van der Waals surface area contributed by atoms with Crippen molar-refractivity contribution in [1.29, 1.82) is 0 Å². The number of aliphatic hydroxyl groups is 1. The minimum absolute atomic E-state index is 0.00199. The van der Waals surface area contributed by atoms with Crippen LogP contribution in [-0.4, -0.2) is 41.7 Å². The number of amides is 1. The van der Waals surface area contributed by atoms with Crippen LogP contribution in [-0.2, 0) is 0 Å². The third-order valence-corrected chi connectivity index (χ3v) is 3.93. The van der Waals surface area contributed by atoms with Crippen LogP contribution in [0.1, 0.15) is 37.0 Å². The molecule has 4 nitrogen and oxygen atoms in total. The number of halogens is 1. The Hall–Kier alpha value is -1.26. The lowest BCUT2D eigenvalue weighted by Gasteiger charge is -2.31. The molecule has 0 atom stereocenters. The zero-order valence-electron chi connectivity index (χ0n) is 12.5. The van der Waals surface area contributed by atoms with Crippen LogP contribution >= 0.6 is 11.6 Å². The Balaban J connectivity index is 2.16. The van der Waals surface area contributed by atoms with E-state index in [0.717, 1.165) is 12.8 Å². The standard InChI is InChI=1S/C16H22ClNO3/c1-11(2)21-15-4-3-13(17)9-14(15)16(20)18-7-5-12(10-19)6-8-18/h3-4,9,11-12,19H,5-8,10H2,1-2H3. The second-order valence-corrected chi connectivity index (χ2v) is 6.16. The van der Waals surface area contributed by atoms with E-state index >= 15 is 0 Å². The molecule has 0 unspecified atom stereocenters. The molecule has 1 aliphatic rings. The van der Waals surface area contributed by atoms with Crippen LogP contribution in [0.15, 0.2) is 18.2 Å². The van der Waals surface area contributed by atoms with Crippen molar-refractivity contribution < 1.29 is 14.6 Å². The Kier molecular flexibility index (Phi) is 5.48. The van der Waals surface area contributed by atoms with E-state index in [0.29, 0.717) is 35.3 Å². The van der Waals surface area contributed by atoms with Gasteiger partial charge in [-0.25, -0.2) is 0 Å². The molecule has 0 aliphatic carbocycles. The van der Waals surface area contributed by atoms with Gasteiger partial charge in [-0.3, -0.25) is 4.79 Å². The maximum absolute atomic E-state index is 12.7. The molecule has 5 heteroatoms. The van der Waals surface area contributed by atoms with Gasteiger partial charge in [0.15, 0.2) is 0 Å². The molecule has 1 aromatic carbocycles. The van der Waals surface area contributed by atoms with Crippen molar-refractivity contribution in [2.45, 2.75) is 32.8 Å². The number of rotatable bonds is 4. The number of piperidine rings is 1. The van der Waals surface area contributed by atoms with Crippen LogP contribution in [0, 0.1) is 5.92 Å². The molecule has 1 fully saturated rings. The van der Waals surface area contributed by atoms with Crippen LogP contribution < -0.4 is 4.74 Å². The predicted molar refractivity (Wildman–Crippen MR) is 82.9 cm³/mol. The van der Waals surface area contributed by atoms with E-state index in [-0.39, 0.29) is 18.6 Å². The zero-order chi connectivity index (χ0) is 15.4. The van der Waals surface area contributed by atoms with Gasteiger partial charge in [0.25, 0.3) is 5.91 Å². The fraction of sp³-hybridized carbons (Fsp3) is 0.562. The van der Waals surface area contributed by atoms with E-state index in [2.05, 4.69) is 0 Å². The Bertz CT molecular complexity index is 496. The summed E-state index contributed by atoms with van der Waals surface area (Å²) in [7, 11) is 0. The highest BCUT2D eigenvalue weighted by Gasteiger charge is 2.25. The Morgan fingerprint density at radius 1 is 1.43 bits per heavy atom. The summed E-state index contributed by atoms with van der Waals surface area (Å²) >= 11 is 6.02. The number of hydrogen-bond donors (Lipinski definition) is 1. The third kappa shape index (κ3) is 4.11. The highest BCUT2D eigenvalue weighted by atomic mass is 35.5. The molecule has 1 saturated heterocycles. The number of carbonyl (C=O) groups is 1. The number of hydrogen-bond acceptors (Lipinski definition) is 3. The highest BCUT2D eigenvalue weighted by molar-refractivity contribution is 6.31. The van der Waals surface area contributed by atoms with Crippen LogP contribution in [0.4, 0.5) is 0 Å². The number of likely N-dealkylation sites (tertiary alicyclic amines) is 1. The second kappa shape index (κ2) is 7.14. The first-order valence-electron chi connectivity index (χ1n) is 7.37. The fourth-order valence-electron chi connectivity index (χ4n) is 2.52.